The summed E-state index contributed by atoms with van der Waals surface area (Å²) in [7, 11) is 0. The molecule has 8 aromatic rings. The van der Waals surface area contributed by atoms with Crippen molar-refractivity contribution in [3.63, 3.8) is 0 Å². The Morgan fingerprint density at radius 2 is 1.00 bits per heavy atom. The summed E-state index contributed by atoms with van der Waals surface area (Å²) in [5.74, 6) is 1.76. The summed E-state index contributed by atoms with van der Waals surface area (Å²) in [4.78, 5) is 4.83. The van der Waals surface area contributed by atoms with Crippen molar-refractivity contribution in [1.29, 1.82) is 0 Å². The number of hydrogen-bond acceptors (Lipinski definition) is 3. The standard InChI is InChI=1S/C49H36N2O/c1-49(2)42-18-11-19-45-48(42)51(47-41-17-10-9-16-37(41)24-31-46(47)52-45)44-30-29-40(32-43(44)49)50(38-25-20-35(21-26-38)33-12-5-3-6-13-33)39-27-22-36(23-28-39)34-14-7-4-8-15-34/h3-32H,1-2H3. The number of fused-ring (bicyclic) bond motifs is 6. The van der Waals surface area contributed by atoms with Crippen molar-refractivity contribution in [2.24, 2.45) is 0 Å². The first kappa shape index (κ1) is 30.3. The number of anilines is 6. The highest BCUT2D eigenvalue weighted by molar-refractivity contribution is 6.06. The molecular weight excluding hydrogens is 633 g/mol. The molecule has 0 saturated heterocycles. The summed E-state index contributed by atoms with van der Waals surface area (Å²) in [6.07, 6.45) is 0. The van der Waals surface area contributed by atoms with Crippen molar-refractivity contribution >= 4 is 44.9 Å². The number of nitrogens with zero attached hydrogens (tertiary/aromatic N) is 2. The van der Waals surface area contributed by atoms with Crippen LogP contribution in [0.15, 0.2) is 182 Å². The number of benzene rings is 8. The van der Waals surface area contributed by atoms with Crippen molar-refractivity contribution in [1.82, 2.24) is 0 Å². The van der Waals surface area contributed by atoms with Crippen molar-refractivity contribution in [2.45, 2.75) is 19.3 Å². The van der Waals surface area contributed by atoms with E-state index < -0.39 is 0 Å². The lowest BCUT2D eigenvalue weighted by Crippen LogP contribution is -2.32. The fraction of sp³-hybridized carbons (Fsp3) is 0.0612. The third-order valence-electron chi connectivity index (χ3n) is 10.8. The van der Waals surface area contributed by atoms with Gasteiger partial charge < -0.3 is 14.5 Å². The maximum Gasteiger partial charge on any atom is 0.152 e. The van der Waals surface area contributed by atoms with Gasteiger partial charge >= 0.3 is 0 Å². The number of rotatable bonds is 5. The summed E-state index contributed by atoms with van der Waals surface area (Å²) in [6.45, 7) is 4.68. The lowest BCUT2D eigenvalue weighted by molar-refractivity contribution is 0.472. The van der Waals surface area contributed by atoms with Crippen LogP contribution in [0.1, 0.15) is 25.0 Å². The Morgan fingerprint density at radius 1 is 0.442 bits per heavy atom. The topological polar surface area (TPSA) is 15.7 Å². The van der Waals surface area contributed by atoms with Crippen LogP contribution in [0.2, 0.25) is 0 Å². The van der Waals surface area contributed by atoms with Crippen LogP contribution >= 0.6 is 0 Å². The quantitative estimate of drug-likeness (QED) is 0.182. The summed E-state index contributed by atoms with van der Waals surface area (Å²) >= 11 is 0. The van der Waals surface area contributed by atoms with Crippen LogP contribution in [0.4, 0.5) is 34.1 Å². The SMILES string of the molecule is CC1(C)c2cc(N(c3ccc(-c4ccccc4)cc3)c3ccc(-c4ccccc4)cc3)ccc2N2c3c(cccc31)Oc1ccc3ccccc3c12. The zero-order chi connectivity index (χ0) is 34.8. The predicted molar refractivity (Wildman–Crippen MR) is 216 cm³/mol. The molecule has 8 aromatic carbocycles. The lowest BCUT2D eigenvalue weighted by atomic mass is 9.73. The van der Waals surface area contributed by atoms with E-state index in [9.17, 15) is 0 Å². The van der Waals surface area contributed by atoms with Gasteiger partial charge in [0.05, 0.1) is 17.1 Å². The van der Waals surface area contributed by atoms with Crippen LogP contribution in [0.25, 0.3) is 33.0 Å². The van der Waals surface area contributed by atoms with Crippen molar-refractivity contribution in [2.75, 3.05) is 9.80 Å². The molecule has 0 radical (unpaired) electrons. The molecule has 2 aliphatic rings. The minimum Gasteiger partial charge on any atom is -0.453 e. The van der Waals surface area contributed by atoms with Crippen molar-refractivity contribution < 1.29 is 4.74 Å². The Kier molecular flexibility index (Phi) is 6.84. The molecule has 10 rings (SSSR count). The maximum atomic E-state index is 6.65. The summed E-state index contributed by atoms with van der Waals surface area (Å²) in [5, 5.41) is 2.37. The first-order chi connectivity index (χ1) is 25.5. The first-order valence-corrected chi connectivity index (χ1v) is 17.9. The zero-order valence-electron chi connectivity index (χ0n) is 29.1. The molecule has 2 heterocycles. The second kappa shape index (κ2) is 11.8. The highest BCUT2D eigenvalue weighted by atomic mass is 16.5. The van der Waals surface area contributed by atoms with E-state index in [1.165, 1.54) is 49.8 Å². The highest BCUT2D eigenvalue weighted by Gasteiger charge is 2.42. The zero-order valence-corrected chi connectivity index (χ0v) is 29.1. The molecule has 0 spiro atoms. The van der Waals surface area contributed by atoms with Gasteiger partial charge in [-0.3, -0.25) is 0 Å². The van der Waals surface area contributed by atoms with Gasteiger partial charge in [-0.1, -0.05) is 141 Å². The van der Waals surface area contributed by atoms with Gasteiger partial charge in [-0.05, 0) is 93.4 Å². The van der Waals surface area contributed by atoms with Gasteiger partial charge in [0.2, 0.25) is 0 Å². The molecule has 0 aliphatic carbocycles. The fourth-order valence-electron chi connectivity index (χ4n) is 8.18. The van der Waals surface area contributed by atoms with Gasteiger partial charge in [0.15, 0.2) is 11.5 Å². The molecule has 0 bridgehead atoms. The van der Waals surface area contributed by atoms with Crippen LogP contribution in [-0.4, -0.2) is 0 Å². The summed E-state index contributed by atoms with van der Waals surface area (Å²) in [5.41, 5.74) is 13.7. The molecule has 0 fully saturated rings. The minimum absolute atomic E-state index is 0.293. The second-order valence-corrected chi connectivity index (χ2v) is 14.2. The van der Waals surface area contributed by atoms with Gasteiger partial charge in [0.25, 0.3) is 0 Å². The van der Waals surface area contributed by atoms with Crippen LogP contribution in [0, 0.1) is 0 Å². The van der Waals surface area contributed by atoms with Gasteiger partial charge in [-0.2, -0.15) is 0 Å². The van der Waals surface area contributed by atoms with E-state index in [-0.39, 0.29) is 5.41 Å². The van der Waals surface area contributed by atoms with E-state index in [0.29, 0.717) is 0 Å². The minimum atomic E-state index is -0.293. The van der Waals surface area contributed by atoms with Crippen LogP contribution < -0.4 is 14.5 Å². The Bertz CT molecular complexity index is 2530. The van der Waals surface area contributed by atoms with E-state index in [0.717, 1.165) is 39.9 Å². The van der Waals surface area contributed by atoms with E-state index in [1.54, 1.807) is 0 Å². The molecule has 0 aromatic heterocycles. The molecule has 3 heteroatoms. The van der Waals surface area contributed by atoms with E-state index in [2.05, 4.69) is 206 Å². The summed E-state index contributed by atoms with van der Waals surface area (Å²) in [6, 6.07) is 65.4. The van der Waals surface area contributed by atoms with Gasteiger partial charge in [-0.15, -0.1) is 0 Å². The van der Waals surface area contributed by atoms with E-state index in [1.807, 2.05) is 0 Å². The average molecular weight is 669 g/mol. The second-order valence-electron chi connectivity index (χ2n) is 14.2. The van der Waals surface area contributed by atoms with Gasteiger partial charge in [-0.25, -0.2) is 0 Å². The number of ether oxygens (including phenoxy) is 1. The normalized spacial score (nSPS) is 13.5. The number of para-hydroxylation sites is 1. The van der Waals surface area contributed by atoms with Crippen molar-refractivity contribution in [3.05, 3.63) is 193 Å². The molecule has 0 saturated carbocycles. The molecule has 52 heavy (non-hydrogen) atoms. The lowest BCUT2D eigenvalue weighted by Gasteiger charge is -2.45. The van der Waals surface area contributed by atoms with Crippen LogP contribution in [0.5, 0.6) is 11.5 Å². The summed E-state index contributed by atoms with van der Waals surface area (Å²) < 4.78 is 6.65. The fourth-order valence-corrected chi connectivity index (χ4v) is 8.18. The molecule has 3 nitrogen and oxygen atoms in total. The third kappa shape index (κ3) is 4.74. The molecule has 0 amide bonds. The molecule has 0 N–H and O–H groups in total. The Balaban J connectivity index is 1.15. The van der Waals surface area contributed by atoms with Crippen LogP contribution in [0.3, 0.4) is 0 Å². The predicted octanol–water partition coefficient (Wildman–Crippen LogP) is 13.9. The average Bonchev–Trinajstić information content (AvgIpc) is 3.20. The van der Waals surface area contributed by atoms with Gasteiger partial charge in [0.1, 0.15) is 0 Å². The third-order valence-corrected chi connectivity index (χ3v) is 10.8. The first-order valence-electron chi connectivity index (χ1n) is 17.9. The smallest absolute Gasteiger partial charge is 0.152 e. The highest BCUT2D eigenvalue weighted by Crippen LogP contribution is 2.61. The van der Waals surface area contributed by atoms with E-state index >= 15 is 0 Å². The maximum absolute atomic E-state index is 6.65. The Morgan fingerprint density at radius 3 is 1.65 bits per heavy atom. The molecule has 0 atom stereocenters. The largest absolute Gasteiger partial charge is 0.453 e. The Hall–Kier alpha value is -6.58. The van der Waals surface area contributed by atoms with Gasteiger partial charge in [0, 0.05) is 27.9 Å². The monoisotopic (exact) mass is 668 g/mol. The van der Waals surface area contributed by atoms with Crippen LogP contribution in [-0.2, 0) is 5.41 Å². The molecule has 248 valence electrons. The van der Waals surface area contributed by atoms with E-state index in [4.69, 9.17) is 4.74 Å². The van der Waals surface area contributed by atoms with Crippen molar-refractivity contribution in [3.8, 4) is 33.8 Å². The molecule has 2 aliphatic heterocycles. The number of hydrogen-bond donors (Lipinski definition) is 0. The molecule has 0 unspecified atom stereocenters. The molecular formula is C49H36N2O. The Labute approximate surface area is 304 Å².